The van der Waals surface area contributed by atoms with Crippen molar-refractivity contribution in [1.82, 2.24) is 19.9 Å². The number of aromatic nitrogens is 4. The molecule has 0 aliphatic heterocycles. The van der Waals surface area contributed by atoms with Crippen molar-refractivity contribution in [3.8, 4) is 17.2 Å². The lowest BCUT2D eigenvalue weighted by Crippen LogP contribution is -2.17. The third kappa shape index (κ3) is 3.90. The molecule has 4 rings (SSSR count). The van der Waals surface area contributed by atoms with E-state index in [2.05, 4.69) is 10.1 Å². The Bertz CT molecular complexity index is 1210. The molecule has 4 aromatic rings. The highest BCUT2D eigenvalue weighted by molar-refractivity contribution is 5.52. The van der Waals surface area contributed by atoms with Gasteiger partial charge in [0.25, 0.3) is 5.89 Å². The van der Waals surface area contributed by atoms with Gasteiger partial charge in [-0.1, -0.05) is 17.3 Å². The molecule has 0 unspecified atom stereocenters. The molecule has 142 valence electrons. The zero-order chi connectivity index (χ0) is 19.5. The molecular weight excluding hydrogens is 371 g/mol. The quantitative estimate of drug-likeness (QED) is 0.540. The molecule has 0 fully saturated rings. The van der Waals surface area contributed by atoms with E-state index in [-0.39, 0.29) is 24.9 Å². The lowest BCUT2D eigenvalue weighted by Gasteiger charge is -2.05. The van der Waals surface area contributed by atoms with E-state index >= 15 is 0 Å². The summed E-state index contributed by atoms with van der Waals surface area (Å²) in [5, 5.41) is 3.83. The highest BCUT2D eigenvalue weighted by Crippen LogP contribution is 2.19. The Labute approximate surface area is 156 Å². The fraction of sp³-hybridized carbons (Fsp3) is 0.111. The van der Waals surface area contributed by atoms with Gasteiger partial charge in [0.05, 0.1) is 6.54 Å². The van der Waals surface area contributed by atoms with Gasteiger partial charge in [-0.3, -0.25) is 0 Å². The van der Waals surface area contributed by atoms with E-state index < -0.39 is 11.4 Å². The summed E-state index contributed by atoms with van der Waals surface area (Å²) < 4.78 is 29.4. The minimum atomic E-state index is -0.813. The van der Waals surface area contributed by atoms with Gasteiger partial charge in [-0.2, -0.15) is 4.98 Å². The van der Waals surface area contributed by atoms with E-state index in [1.54, 1.807) is 24.3 Å². The van der Waals surface area contributed by atoms with Crippen LogP contribution in [0.1, 0.15) is 11.4 Å². The summed E-state index contributed by atoms with van der Waals surface area (Å²) in [7, 11) is 0. The van der Waals surface area contributed by atoms with Crippen molar-refractivity contribution in [3.05, 3.63) is 86.8 Å². The molecule has 0 radical (unpaired) electrons. The number of hydrogen-bond donors (Lipinski definition) is 1. The molecule has 0 amide bonds. The molecule has 2 aromatic carbocycles. The van der Waals surface area contributed by atoms with Crippen LogP contribution in [0.4, 0.5) is 4.39 Å². The summed E-state index contributed by atoms with van der Waals surface area (Å²) in [4.78, 5) is 28.8. The van der Waals surface area contributed by atoms with Crippen molar-refractivity contribution in [3.63, 3.8) is 0 Å². The van der Waals surface area contributed by atoms with Gasteiger partial charge < -0.3 is 13.8 Å². The van der Waals surface area contributed by atoms with Crippen LogP contribution in [-0.2, 0) is 13.2 Å². The summed E-state index contributed by atoms with van der Waals surface area (Å²) in [5.41, 5.74) is 0.666. The fourth-order valence-electron chi connectivity index (χ4n) is 2.49. The van der Waals surface area contributed by atoms with Gasteiger partial charge in [-0.25, -0.2) is 19.0 Å². The van der Waals surface area contributed by atoms with Crippen molar-refractivity contribution in [2.45, 2.75) is 13.2 Å². The average molecular weight is 384 g/mol. The molecule has 0 atom stereocenters. The molecule has 0 saturated carbocycles. The van der Waals surface area contributed by atoms with Crippen LogP contribution in [0.3, 0.4) is 0 Å². The predicted octanol–water partition coefficient (Wildman–Crippen LogP) is 1.95. The van der Waals surface area contributed by atoms with Gasteiger partial charge in [-0.05, 0) is 42.0 Å². The number of ether oxygens (including phenoxy) is 1. The number of rotatable bonds is 6. The van der Waals surface area contributed by atoms with Crippen molar-refractivity contribution in [2.24, 2.45) is 0 Å². The van der Waals surface area contributed by atoms with E-state index in [4.69, 9.17) is 13.8 Å². The molecule has 0 saturated heterocycles. The van der Waals surface area contributed by atoms with Crippen LogP contribution in [-0.4, -0.2) is 19.9 Å². The number of benzene rings is 2. The topological polar surface area (TPSA) is 116 Å². The number of H-pyrrole nitrogens is 1. The van der Waals surface area contributed by atoms with E-state index in [1.807, 2.05) is 4.98 Å². The van der Waals surface area contributed by atoms with Crippen LogP contribution < -0.4 is 16.2 Å². The first-order chi connectivity index (χ1) is 13.6. The first-order valence-electron chi connectivity index (χ1n) is 8.17. The van der Waals surface area contributed by atoms with Crippen LogP contribution in [0, 0.1) is 5.82 Å². The maximum Gasteiger partial charge on any atom is 0.440 e. The van der Waals surface area contributed by atoms with Crippen molar-refractivity contribution in [1.29, 1.82) is 0 Å². The SMILES string of the molecule is O=c1[nH]c(=O)n(Cc2cccc(OCc3noc(-c4ccc(F)cc4)n3)c2)o1. The van der Waals surface area contributed by atoms with Crippen LogP contribution in [0.25, 0.3) is 11.5 Å². The molecule has 1 N–H and O–H groups in total. The van der Waals surface area contributed by atoms with Gasteiger partial charge >= 0.3 is 11.4 Å². The van der Waals surface area contributed by atoms with Crippen LogP contribution >= 0.6 is 0 Å². The second kappa shape index (κ2) is 7.35. The van der Waals surface area contributed by atoms with Crippen LogP contribution in [0.15, 0.2) is 67.2 Å². The Morgan fingerprint density at radius 1 is 1.14 bits per heavy atom. The Morgan fingerprint density at radius 2 is 1.96 bits per heavy atom. The number of halogens is 1. The molecule has 2 aromatic heterocycles. The Hall–Kier alpha value is -3.95. The maximum absolute atomic E-state index is 13.0. The van der Waals surface area contributed by atoms with E-state index in [0.717, 1.165) is 4.74 Å². The smallest absolute Gasteiger partial charge is 0.440 e. The Kier molecular flexibility index (Phi) is 4.58. The minimum Gasteiger partial charge on any atom is -0.485 e. The fourth-order valence-corrected chi connectivity index (χ4v) is 2.49. The number of aromatic amines is 1. The lowest BCUT2D eigenvalue weighted by molar-refractivity contribution is 0.257. The van der Waals surface area contributed by atoms with Gasteiger partial charge in [0, 0.05) is 5.56 Å². The van der Waals surface area contributed by atoms with Crippen LogP contribution in [0.5, 0.6) is 5.75 Å². The van der Waals surface area contributed by atoms with E-state index in [9.17, 15) is 14.0 Å². The third-order valence-corrected chi connectivity index (χ3v) is 3.78. The predicted molar refractivity (Wildman–Crippen MR) is 93.2 cm³/mol. The Morgan fingerprint density at radius 3 is 2.71 bits per heavy atom. The summed E-state index contributed by atoms with van der Waals surface area (Å²) in [6.45, 7) is 0.124. The zero-order valence-corrected chi connectivity index (χ0v) is 14.3. The van der Waals surface area contributed by atoms with Crippen molar-refractivity contribution >= 4 is 0 Å². The molecule has 0 spiro atoms. The molecule has 2 heterocycles. The van der Waals surface area contributed by atoms with E-state index in [0.29, 0.717) is 22.7 Å². The summed E-state index contributed by atoms with van der Waals surface area (Å²) in [6, 6.07) is 12.6. The summed E-state index contributed by atoms with van der Waals surface area (Å²) >= 11 is 0. The first-order valence-corrected chi connectivity index (χ1v) is 8.17. The zero-order valence-electron chi connectivity index (χ0n) is 14.3. The van der Waals surface area contributed by atoms with Gasteiger partial charge in [0.15, 0.2) is 6.61 Å². The molecule has 0 bridgehead atoms. The molecule has 10 heteroatoms. The van der Waals surface area contributed by atoms with Crippen molar-refractivity contribution in [2.75, 3.05) is 0 Å². The number of hydrogen-bond acceptors (Lipinski definition) is 7. The average Bonchev–Trinajstić information content (AvgIpc) is 3.27. The highest BCUT2D eigenvalue weighted by atomic mass is 19.1. The third-order valence-electron chi connectivity index (χ3n) is 3.78. The normalized spacial score (nSPS) is 10.9. The maximum atomic E-state index is 13.0. The second-order valence-electron chi connectivity index (χ2n) is 5.80. The highest BCUT2D eigenvalue weighted by Gasteiger charge is 2.10. The van der Waals surface area contributed by atoms with Crippen molar-refractivity contribution < 1.29 is 18.2 Å². The second-order valence-corrected chi connectivity index (χ2v) is 5.80. The lowest BCUT2D eigenvalue weighted by atomic mass is 10.2. The van der Waals surface area contributed by atoms with Gasteiger partial charge in [0.2, 0.25) is 5.82 Å². The number of nitrogens with zero attached hydrogens (tertiary/aromatic N) is 3. The summed E-state index contributed by atoms with van der Waals surface area (Å²) in [6.07, 6.45) is 0. The van der Waals surface area contributed by atoms with Gasteiger partial charge in [0.1, 0.15) is 11.6 Å². The number of nitrogens with one attached hydrogen (secondary N) is 1. The minimum absolute atomic E-state index is 0.0489. The molecule has 0 aliphatic rings. The van der Waals surface area contributed by atoms with Crippen LogP contribution in [0.2, 0.25) is 0 Å². The largest absolute Gasteiger partial charge is 0.485 e. The molecular formula is C18H13FN4O5. The first kappa shape index (κ1) is 17.5. The van der Waals surface area contributed by atoms with Gasteiger partial charge in [-0.15, -0.1) is 4.74 Å². The summed E-state index contributed by atoms with van der Waals surface area (Å²) in [5.74, 6) is -0.0808. The molecule has 0 aliphatic carbocycles. The molecule has 28 heavy (non-hydrogen) atoms. The molecule has 9 nitrogen and oxygen atoms in total. The van der Waals surface area contributed by atoms with E-state index in [1.165, 1.54) is 24.3 Å². The standard InChI is InChI=1S/C18H13FN4O5/c19-13-6-4-12(5-7-13)16-20-15(22-27-16)10-26-14-3-1-2-11(8-14)9-23-17(24)21-18(25)28-23/h1-8H,9-10H2,(H,21,24,25). The monoisotopic (exact) mass is 384 g/mol. The Balaban J connectivity index is 1.43.